The molecule has 0 heterocycles. The second-order valence-corrected chi connectivity index (χ2v) is 16.6. The van der Waals surface area contributed by atoms with E-state index in [0.29, 0.717) is 13.2 Å². The van der Waals surface area contributed by atoms with E-state index in [1.54, 1.807) is 11.9 Å². The fourth-order valence-corrected chi connectivity index (χ4v) is 8.80. The molecule has 0 aromatic heterocycles. The van der Waals surface area contributed by atoms with E-state index in [0.717, 1.165) is 49.4 Å². The lowest BCUT2D eigenvalue weighted by atomic mass is 9.77. The van der Waals surface area contributed by atoms with Crippen molar-refractivity contribution in [1.82, 2.24) is 31.3 Å². The summed E-state index contributed by atoms with van der Waals surface area (Å²) in [6, 6.07) is 54.1. The molecule has 68 heavy (non-hydrogen) atoms. The van der Waals surface area contributed by atoms with E-state index in [4.69, 9.17) is 9.47 Å². The predicted molar refractivity (Wildman–Crippen MR) is 267 cm³/mol. The van der Waals surface area contributed by atoms with Crippen LogP contribution >= 0.6 is 0 Å². The molecule has 5 amide bonds. The molecule has 0 bridgehead atoms. The highest BCUT2D eigenvalue weighted by Crippen LogP contribution is 2.37. The van der Waals surface area contributed by atoms with Gasteiger partial charge in [0.15, 0.2) is 6.29 Å². The van der Waals surface area contributed by atoms with Gasteiger partial charge < -0.3 is 30.3 Å². The van der Waals surface area contributed by atoms with Crippen molar-refractivity contribution in [2.45, 2.75) is 64.2 Å². The Kier molecular flexibility index (Phi) is 16.7. The molecule has 0 radical (unpaired) electrons. The van der Waals surface area contributed by atoms with Crippen molar-refractivity contribution in [2.24, 2.45) is 0 Å². The van der Waals surface area contributed by atoms with Crippen molar-refractivity contribution >= 4 is 45.3 Å². The smallest absolute Gasteiger partial charge is 0.329 e. The first kappa shape index (κ1) is 48.6. The molecule has 0 fully saturated rings. The number of likely N-dealkylation sites (N-methyl/N-ethyl adjacent to an activating group) is 1. The summed E-state index contributed by atoms with van der Waals surface area (Å²) in [4.78, 5) is 59.5. The number of urea groups is 1. The van der Waals surface area contributed by atoms with Gasteiger partial charge in [0, 0.05) is 33.4 Å². The zero-order chi connectivity index (χ0) is 47.9. The maximum Gasteiger partial charge on any atom is 0.329 e. The van der Waals surface area contributed by atoms with Gasteiger partial charge in [-0.05, 0) is 70.1 Å². The number of nitrogens with one attached hydrogen (secondary N) is 4. The van der Waals surface area contributed by atoms with Crippen molar-refractivity contribution in [3.05, 3.63) is 204 Å². The van der Waals surface area contributed by atoms with Gasteiger partial charge in [-0.3, -0.25) is 19.8 Å². The second kappa shape index (κ2) is 23.4. The quantitative estimate of drug-likeness (QED) is 0.0322. The molecular formula is C56H60N6O6. The van der Waals surface area contributed by atoms with Crippen LogP contribution in [0.5, 0.6) is 0 Å². The Hall–Kier alpha value is -7.38. The number of amides is 5. The minimum Gasteiger partial charge on any atom is -0.351 e. The van der Waals surface area contributed by atoms with Gasteiger partial charge >= 0.3 is 6.03 Å². The zero-order valence-corrected chi connectivity index (χ0v) is 39.1. The van der Waals surface area contributed by atoms with Crippen LogP contribution in [0, 0.1) is 0 Å². The average Bonchev–Trinajstić information content (AvgIpc) is 3.36. The molecule has 0 aliphatic carbocycles. The monoisotopic (exact) mass is 912 g/mol. The molecule has 0 spiro atoms. The summed E-state index contributed by atoms with van der Waals surface area (Å²) in [6.07, 6.45) is -1.26. The molecule has 12 nitrogen and oxygen atoms in total. The van der Waals surface area contributed by atoms with E-state index in [9.17, 15) is 9.59 Å². The Morgan fingerprint density at radius 3 is 1.59 bits per heavy atom. The SMILES string of the molecule is CCOC(OCC)C(C)N(Cc1cccc2ccccc12)C(=O)C(CC(=O)NC(c1ccccc1)(c1ccccc1)c1ccccc1)NC(=O)CN(C)NC(=O)NCc1cccc2ccccc12. The van der Waals surface area contributed by atoms with E-state index in [2.05, 4.69) is 21.4 Å². The zero-order valence-electron chi connectivity index (χ0n) is 39.1. The summed E-state index contributed by atoms with van der Waals surface area (Å²) < 4.78 is 12.2. The number of carbonyl (C=O) groups excluding carboxylic acids is 4. The van der Waals surface area contributed by atoms with Crippen LogP contribution in [0.2, 0.25) is 0 Å². The minimum atomic E-state index is -1.38. The van der Waals surface area contributed by atoms with Gasteiger partial charge in [0.25, 0.3) is 0 Å². The van der Waals surface area contributed by atoms with E-state index < -0.39 is 54.1 Å². The van der Waals surface area contributed by atoms with Gasteiger partial charge in [0.2, 0.25) is 17.7 Å². The Balaban J connectivity index is 1.20. The van der Waals surface area contributed by atoms with Crippen LogP contribution in [-0.4, -0.2) is 78.8 Å². The maximum atomic E-state index is 15.5. The molecule has 0 saturated heterocycles. The fraction of sp³-hybridized carbons (Fsp3) is 0.250. The van der Waals surface area contributed by atoms with Crippen LogP contribution in [0.25, 0.3) is 21.5 Å². The lowest BCUT2D eigenvalue weighted by Crippen LogP contribution is -2.58. The van der Waals surface area contributed by atoms with Gasteiger partial charge in [0.1, 0.15) is 11.6 Å². The predicted octanol–water partition coefficient (Wildman–Crippen LogP) is 8.44. The third-order valence-corrected chi connectivity index (χ3v) is 12.0. The van der Waals surface area contributed by atoms with E-state index in [1.165, 1.54) is 5.01 Å². The normalized spacial score (nSPS) is 12.4. The molecule has 0 saturated carbocycles. The number of fused-ring (bicyclic) bond motifs is 2. The Bertz CT molecular complexity index is 2660. The van der Waals surface area contributed by atoms with Gasteiger partial charge in [0.05, 0.1) is 19.0 Å². The average molecular weight is 913 g/mol. The van der Waals surface area contributed by atoms with E-state index in [-0.39, 0.29) is 19.6 Å². The number of rotatable bonds is 21. The number of ether oxygens (including phenoxy) is 2. The highest BCUT2D eigenvalue weighted by atomic mass is 16.7. The molecule has 2 atom stereocenters. The number of benzene rings is 7. The number of carbonyl (C=O) groups is 4. The maximum absolute atomic E-state index is 15.5. The van der Waals surface area contributed by atoms with Crippen LogP contribution in [0.15, 0.2) is 176 Å². The molecule has 7 aromatic rings. The molecule has 4 N–H and O–H groups in total. The van der Waals surface area contributed by atoms with Crippen LogP contribution in [-0.2, 0) is 42.5 Å². The highest BCUT2D eigenvalue weighted by molar-refractivity contribution is 5.94. The molecule has 7 rings (SSSR count). The first-order valence-corrected chi connectivity index (χ1v) is 23.1. The van der Waals surface area contributed by atoms with Crippen molar-refractivity contribution < 1.29 is 28.7 Å². The van der Waals surface area contributed by atoms with E-state index >= 15 is 9.59 Å². The Morgan fingerprint density at radius 1 is 0.588 bits per heavy atom. The number of hydrogen-bond donors (Lipinski definition) is 4. The summed E-state index contributed by atoms with van der Waals surface area (Å²) >= 11 is 0. The van der Waals surface area contributed by atoms with Crippen molar-refractivity contribution in [1.29, 1.82) is 0 Å². The third kappa shape index (κ3) is 11.8. The van der Waals surface area contributed by atoms with Crippen LogP contribution in [0.3, 0.4) is 0 Å². The standard InChI is InChI=1S/C56H60N6O6/c1-5-67-54(68-6-2)40(3)62(38-44-27-21-25-42-23-17-19-35-49(42)44)53(65)50(58-52(64)39-61(4)60-55(66)57-37-43-26-20-24-41-22-16-18-34-48(41)43)36-51(63)59-56(45-28-10-7-11-29-45,46-30-12-8-13-31-46)47-32-14-9-15-33-47/h7-35,40,50,54H,5-6,36-39H2,1-4H3,(H,58,64)(H,59,63)(H2,57,60,66). The second-order valence-electron chi connectivity index (χ2n) is 16.6. The minimum absolute atomic E-state index is 0.117. The summed E-state index contributed by atoms with van der Waals surface area (Å²) in [5.41, 5.74) is 5.71. The van der Waals surface area contributed by atoms with Gasteiger partial charge in [-0.25, -0.2) is 9.80 Å². The number of nitrogens with zero attached hydrogens (tertiary/aromatic N) is 2. The summed E-state index contributed by atoms with van der Waals surface area (Å²) in [5.74, 6) is -1.62. The summed E-state index contributed by atoms with van der Waals surface area (Å²) in [5, 5.41) is 14.5. The summed E-state index contributed by atoms with van der Waals surface area (Å²) in [6.45, 7) is 6.24. The van der Waals surface area contributed by atoms with Crippen LogP contribution < -0.4 is 21.4 Å². The molecule has 12 heteroatoms. The van der Waals surface area contributed by atoms with Crippen molar-refractivity contribution in [3.8, 4) is 0 Å². The Labute approximate surface area is 398 Å². The van der Waals surface area contributed by atoms with Gasteiger partial charge in [-0.2, -0.15) is 0 Å². The first-order chi connectivity index (χ1) is 33.1. The molecule has 2 unspecified atom stereocenters. The Morgan fingerprint density at radius 2 is 1.06 bits per heavy atom. The lowest BCUT2D eigenvalue weighted by Gasteiger charge is -2.38. The topological polar surface area (TPSA) is 141 Å². The van der Waals surface area contributed by atoms with Crippen LogP contribution in [0.4, 0.5) is 4.79 Å². The third-order valence-electron chi connectivity index (χ3n) is 12.0. The van der Waals surface area contributed by atoms with Crippen LogP contribution in [0.1, 0.15) is 55.0 Å². The van der Waals surface area contributed by atoms with E-state index in [1.807, 2.05) is 197 Å². The van der Waals surface area contributed by atoms with Crippen molar-refractivity contribution in [3.63, 3.8) is 0 Å². The summed E-state index contributed by atoms with van der Waals surface area (Å²) in [7, 11) is 1.55. The molecule has 7 aromatic carbocycles. The highest BCUT2D eigenvalue weighted by Gasteiger charge is 2.40. The molecule has 0 aliphatic heterocycles. The largest absolute Gasteiger partial charge is 0.351 e. The first-order valence-electron chi connectivity index (χ1n) is 23.1. The number of hydrogen-bond acceptors (Lipinski definition) is 7. The molecule has 350 valence electrons. The number of hydrazine groups is 1. The van der Waals surface area contributed by atoms with Gasteiger partial charge in [-0.1, -0.05) is 176 Å². The molecule has 0 aliphatic rings. The molecular weight excluding hydrogens is 853 g/mol. The fourth-order valence-electron chi connectivity index (χ4n) is 8.80. The van der Waals surface area contributed by atoms with Gasteiger partial charge in [-0.15, -0.1) is 0 Å². The van der Waals surface area contributed by atoms with Crippen molar-refractivity contribution in [2.75, 3.05) is 26.8 Å². The lowest BCUT2D eigenvalue weighted by molar-refractivity contribution is -0.180.